The summed E-state index contributed by atoms with van der Waals surface area (Å²) >= 11 is 0. The maximum Gasteiger partial charge on any atom is 0.224 e. The Hall–Kier alpha value is -1.42. The van der Waals surface area contributed by atoms with Gasteiger partial charge in [0.1, 0.15) is 5.82 Å². The van der Waals surface area contributed by atoms with Crippen molar-refractivity contribution in [3.05, 3.63) is 35.6 Å². The largest absolute Gasteiger partial charge is 0.336 e. The molecule has 1 atom stereocenters. The molecule has 2 N–H and O–H groups in total. The summed E-state index contributed by atoms with van der Waals surface area (Å²) in [7, 11) is 0. The molecular formula is C14H21FN2O. The maximum atomic E-state index is 12.8. The van der Waals surface area contributed by atoms with Gasteiger partial charge in [-0.3, -0.25) is 4.79 Å². The zero-order valence-corrected chi connectivity index (χ0v) is 11.0. The summed E-state index contributed by atoms with van der Waals surface area (Å²) in [6.45, 7) is 4.92. The van der Waals surface area contributed by atoms with Crippen molar-refractivity contribution in [2.24, 2.45) is 5.73 Å². The standard InChI is InChI=1S/C14H21FN2O/c1-3-11(2)17(14(18)8-9-16)10-12-4-6-13(15)7-5-12/h4-7,11H,3,8-10,16H2,1-2H3. The summed E-state index contributed by atoms with van der Waals surface area (Å²) < 4.78 is 12.8. The quantitative estimate of drug-likeness (QED) is 0.844. The predicted molar refractivity (Wildman–Crippen MR) is 70.4 cm³/mol. The highest BCUT2D eigenvalue weighted by Gasteiger charge is 2.18. The van der Waals surface area contributed by atoms with Crippen LogP contribution in [0.5, 0.6) is 0 Å². The molecule has 1 aromatic carbocycles. The summed E-state index contributed by atoms with van der Waals surface area (Å²) in [5, 5.41) is 0. The third-order valence-corrected chi connectivity index (χ3v) is 3.07. The molecule has 1 aromatic rings. The first-order valence-corrected chi connectivity index (χ1v) is 6.32. The lowest BCUT2D eigenvalue weighted by molar-refractivity contribution is -0.133. The van der Waals surface area contributed by atoms with E-state index in [2.05, 4.69) is 0 Å². The van der Waals surface area contributed by atoms with E-state index < -0.39 is 0 Å². The molecule has 0 saturated carbocycles. The van der Waals surface area contributed by atoms with Gasteiger partial charge < -0.3 is 10.6 Å². The molecule has 0 radical (unpaired) electrons. The lowest BCUT2D eigenvalue weighted by Crippen LogP contribution is -2.38. The van der Waals surface area contributed by atoms with Crippen molar-refractivity contribution in [1.82, 2.24) is 4.90 Å². The number of nitrogens with two attached hydrogens (primary N) is 1. The molecule has 0 aliphatic carbocycles. The van der Waals surface area contributed by atoms with Gasteiger partial charge in [0.2, 0.25) is 5.91 Å². The first kappa shape index (κ1) is 14.6. The molecule has 18 heavy (non-hydrogen) atoms. The van der Waals surface area contributed by atoms with Crippen LogP contribution in [0.2, 0.25) is 0 Å². The second-order valence-corrected chi connectivity index (χ2v) is 4.44. The average molecular weight is 252 g/mol. The molecule has 0 saturated heterocycles. The minimum atomic E-state index is -0.262. The number of rotatable bonds is 6. The Labute approximate surface area is 108 Å². The summed E-state index contributed by atoms with van der Waals surface area (Å²) in [5.41, 5.74) is 6.36. The molecule has 0 heterocycles. The fourth-order valence-corrected chi connectivity index (χ4v) is 1.76. The lowest BCUT2D eigenvalue weighted by Gasteiger charge is -2.28. The van der Waals surface area contributed by atoms with E-state index in [1.807, 2.05) is 13.8 Å². The molecule has 0 bridgehead atoms. The van der Waals surface area contributed by atoms with Crippen LogP contribution in [0.1, 0.15) is 32.3 Å². The normalized spacial score (nSPS) is 12.2. The molecule has 3 nitrogen and oxygen atoms in total. The Morgan fingerprint density at radius 3 is 2.50 bits per heavy atom. The summed E-state index contributed by atoms with van der Waals surface area (Å²) in [4.78, 5) is 13.8. The number of carbonyl (C=O) groups is 1. The number of benzene rings is 1. The first-order chi connectivity index (χ1) is 8.58. The summed E-state index contributed by atoms with van der Waals surface area (Å²) in [6, 6.07) is 6.41. The van der Waals surface area contributed by atoms with E-state index in [-0.39, 0.29) is 17.8 Å². The van der Waals surface area contributed by atoms with Crippen molar-refractivity contribution in [3.8, 4) is 0 Å². The Morgan fingerprint density at radius 1 is 1.39 bits per heavy atom. The maximum absolute atomic E-state index is 12.8. The number of hydrogen-bond acceptors (Lipinski definition) is 2. The van der Waals surface area contributed by atoms with E-state index >= 15 is 0 Å². The van der Waals surface area contributed by atoms with Crippen molar-refractivity contribution in [1.29, 1.82) is 0 Å². The van der Waals surface area contributed by atoms with Crippen molar-refractivity contribution in [2.75, 3.05) is 6.54 Å². The van der Waals surface area contributed by atoms with Gasteiger partial charge in [0.05, 0.1) is 0 Å². The van der Waals surface area contributed by atoms with Crippen molar-refractivity contribution in [2.45, 2.75) is 39.3 Å². The smallest absolute Gasteiger partial charge is 0.224 e. The highest BCUT2D eigenvalue weighted by molar-refractivity contribution is 5.76. The zero-order valence-electron chi connectivity index (χ0n) is 11.0. The van der Waals surface area contributed by atoms with E-state index in [1.54, 1.807) is 17.0 Å². The van der Waals surface area contributed by atoms with Crippen LogP contribution < -0.4 is 5.73 Å². The van der Waals surface area contributed by atoms with Gasteiger partial charge in [-0.25, -0.2) is 4.39 Å². The molecule has 1 rings (SSSR count). The van der Waals surface area contributed by atoms with Crippen LogP contribution in [0.3, 0.4) is 0 Å². The topological polar surface area (TPSA) is 46.3 Å². The second-order valence-electron chi connectivity index (χ2n) is 4.44. The molecule has 0 aliphatic heterocycles. The molecule has 0 fully saturated rings. The number of carbonyl (C=O) groups excluding carboxylic acids is 1. The van der Waals surface area contributed by atoms with E-state index in [1.165, 1.54) is 12.1 Å². The monoisotopic (exact) mass is 252 g/mol. The van der Waals surface area contributed by atoms with Crippen LogP contribution in [-0.4, -0.2) is 23.4 Å². The summed E-state index contributed by atoms with van der Waals surface area (Å²) in [6.07, 6.45) is 1.24. The highest BCUT2D eigenvalue weighted by atomic mass is 19.1. The molecule has 1 unspecified atom stereocenters. The Morgan fingerprint density at radius 2 is 2.00 bits per heavy atom. The van der Waals surface area contributed by atoms with E-state index in [4.69, 9.17) is 5.73 Å². The number of halogens is 1. The number of nitrogens with zero attached hydrogens (tertiary/aromatic N) is 1. The third kappa shape index (κ3) is 4.11. The molecule has 0 spiro atoms. The zero-order chi connectivity index (χ0) is 13.5. The minimum Gasteiger partial charge on any atom is -0.336 e. The lowest BCUT2D eigenvalue weighted by atomic mass is 10.1. The SMILES string of the molecule is CCC(C)N(Cc1ccc(F)cc1)C(=O)CCN. The van der Waals surface area contributed by atoms with Gasteiger partial charge in [-0.2, -0.15) is 0 Å². The van der Waals surface area contributed by atoms with Crippen LogP contribution >= 0.6 is 0 Å². The average Bonchev–Trinajstić information content (AvgIpc) is 2.37. The molecule has 4 heteroatoms. The van der Waals surface area contributed by atoms with E-state index in [9.17, 15) is 9.18 Å². The Balaban J connectivity index is 2.77. The van der Waals surface area contributed by atoms with Gasteiger partial charge in [-0.1, -0.05) is 19.1 Å². The first-order valence-electron chi connectivity index (χ1n) is 6.32. The van der Waals surface area contributed by atoms with Gasteiger partial charge in [0, 0.05) is 25.6 Å². The molecule has 0 aliphatic rings. The van der Waals surface area contributed by atoms with E-state index in [0.717, 1.165) is 12.0 Å². The predicted octanol–water partition coefficient (Wildman–Crippen LogP) is 2.30. The fraction of sp³-hybridized carbons (Fsp3) is 0.500. The van der Waals surface area contributed by atoms with Crippen LogP contribution in [-0.2, 0) is 11.3 Å². The second kappa shape index (κ2) is 7.11. The van der Waals surface area contributed by atoms with Crippen molar-refractivity contribution >= 4 is 5.91 Å². The molecule has 1 amide bonds. The number of amides is 1. The van der Waals surface area contributed by atoms with Gasteiger partial charge in [-0.05, 0) is 31.0 Å². The van der Waals surface area contributed by atoms with Gasteiger partial charge >= 0.3 is 0 Å². The van der Waals surface area contributed by atoms with Gasteiger partial charge in [0.15, 0.2) is 0 Å². The van der Waals surface area contributed by atoms with Crippen molar-refractivity contribution < 1.29 is 9.18 Å². The molecule has 0 aromatic heterocycles. The minimum absolute atomic E-state index is 0.0520. The van der Waals surface area contributed by atoms with Gasteiger partial charge in [0.25, 0.3) is 0 Å². The molecule has 100 valence electrons. The Bertz CT molecular complexity index is 378. The number of hydrogen-bond donors (Lipinski definition) is 1. The van der Waals surface area contributed by atoms with E-state index in [0.29, 0.717) is 19.5 Å². The summed E-state index contributed by atoms with van der Waals surface area (Å²) in [5.74, 6) is -0.210. The fourth-order valence-electron chi connectivity index (χ4n) is 1.76. The van der Waals surface area contributed by atoms with Crippen LogP contribution in [0.4, 0.5) is 4.39 Å². The Kier molecular flexibility index (Phi) is 5.78. The van der Waals surface area contributed by atoms with Crippen LogP contribution in [0.25, 0.3) is 0 Å². The van der Waals surface area contributed by atoms with Gasteiger partial charge in [-0.15, -0.1) is 0 Å². The molecular weight excluding hydrogens is 231 g/mol. The highest BCUT2D eigenvalue weighted by Crippen LogP contribution is 2.12. The third-order valence-electron chi connectivity index (χ3n) is 3.07. The van der Waals surface area contributed by atoms with Crippen LogP contribution in [0.15, 0.2) is 24.3 Å². The van der Waals surface area contributed by atoms with Crippen LogP contribution in [0, 0.1) is 5.82 Å². The van der Waals surface area contributed by atoms with Crippen molar-refractivity contribution in [3.63, 3.8) is 0 Å².